The lowest BCUT2D eigenvalue weighted by Gasteiger charge is -2.14. The molecule has 0 radical (unpaired) electrons. The molecule has 4 nitrogen and oxygen atoms in total. The number of pyridine rings is 1. The Bertz CT molecular complexity index is 555. The maximum absolute atomic E-state index is 10.9. The van der Waals surface area contributed by atoms with E-state index in [9.17, 15) is 4.79 Å². The summed E-state index contributed by atoms with van der Waals surface area (Å²) in [7, 11) is 0. The minimum atomic E-state index is -0.967. The molecule has 0 saturated carbocycles. The van der Waals surface area contributed by atoms with Crippen LogP contribution in [0.5, 0.6) is 0 Å². The second-order valence-corrected chi connectivity index (χ2v) is 5.04. The summed E-state index contributed by atoms with van der Waals surface area (Å²) in [6, 6.07) is 1.77. The maximum Gasteiger partial charge on any atom is 0.337 e. The lowest BCUT2D eigenvalue weighted by molar-refractivity contribution is 0.0699. The fraction of sp³-hybridized carbons (Fsp3) is 0.273. The molecule has 0 aromatic carbocycles. The first-order valence-corrected chi connectivity index (χ1v) is 5.17. The SMILES string of the molecule is CC(C)(Cl)c1cc2[nH]cc(C(=O)O)c2cn1. The molecule has 2 aromatic rings. The first kappa shape index (κ1) is 11.0. The van der Waals surface area contributed by atoms with Gasteiger partial charge in [0.15, 0.2) is 0 Å². The van der Waals surface area contributed by atoms with Crippen molar-refractivity contribution in [2.24, 2.45) is 0 Å². The highest BCUT2D eigenvalue weighted by atomic mass is 35.5. The molecule has 16 heavy (non-hydrogen) atoms. The molecule has 0 aliphatic heterocycles. The van der Waals surface area contributed by atoms with Gasteiger partial charge in [0, 0.05) is 23.3 Å². The first-order valence-electron chi connectivity index (χ1n) is 4.79. The van der Waals surface area contributed by atoms with Gasteiger partial charge in [-0.1, -0.05) is 0 Å². The van der Waals surface area contributed by atoms with Crippen LogP contribution in [0.25, 0.3) is 10.9 Å². The number of aromatic carboxylic acids is 1. The summed E-state index contributed by atoms with van der Waals surface area (Å²) < 4.78 is 0. The Kier molecular flexibility index (Phi) is 2.39. The van der Waals surface area contributed by atoms with Gasteiger partial charge in [-0.15, -0.1) is 11.6 Å². The van der Waals surface area contributed by atoms with Crippen LogP contribution in [-0.4, -0.2) is 21.0 Å². The topological polar surface area (TPSA) is 66.0 Å². The minimum Gasteiger partial charge on any atom is -0.478 e. The highest BCUT2D eigenvalue weighted by Gasteiger charge is 2.20. The van der Waals surface area contributed by atoms with E-state index in [0.717, 1.165) is 5.52 Å². The lowest BCUT2D eigenvalue weighted by Crippen LogP contribution is -2.09. The van der Waals surface area contributed by atoms with Crippen molar-refractivity contribution in [1.29, 1.82) is 0 Å². The summed E-state index contributed by atoms with van der Waals surface area (Å²) in [5.74, 6) is -0.967. The normalized spacial score (nSPS) is 11.9. The molecule has 0 bridgehead atoms. The highest BCUT2D eigenvalue weighted by molar-refractivity contribution is 6.23. The number of aromatic nitrogens is 2. The van der Waals surface area contributed by atoms with E-state index in [4.69, 9.17) is 16.7 Å². The van der Waals surface area contributed by atoms with E-state index in [2.05, 4.69) is 9.97 Å². The van der Waals surface area contributed by atoms with Gasteiger partial charge in [-0.05, 0) is 19.9 Å². The molecule has 0 saturated heterocycles. The van der Waals surface area contributed by atoms with Gasteiger partial charge in [0.1, 0.15) is 0 Å². The maximum atomic E-state index is 10.9. The van der Waals surface area contributed by atoms with Crippen LogP contribution in [0.15, 0.2) is 18.5 Å². The molecule has 2 N–H and O–H groups in total. The molecule has 0 fully saturated rings. The smallest absolute Gasteiger partial charge is 0.337 e. The van der Waals surface area contributed by atoms with Crippen molar-refractivity contribution in [3.8, 4) is 0 Å². The molecule has 5 heteroatoms. The van der Waals surface area contributed by atoms with E-state index in [1.807, 2.05) is 13.8 Å². The average Bonchev–Trinajstić information content (AvgIpc) is 2.58. The Morgan fingerprint density at radius 2 is 2.25 bits per heavy atom. The number of rotatable bonds is 2. The average molecular weight is 239 g/mol. The lowest BCUT2D eigenvalue weighted by atomic mass is 10.1. The fourth-order valence-corrected chi connectivity index (χ4v) is 1.62. The standard InChI is InChI=1S/C11H11ClN2O2/c1-11(2,12)9-3-8-6(4-14-9)7(5-13-8)10(15)16/h3-5,13H,1-2H3,(H,15,16). The zero-order chi connectivity index (χ0) is 11.9. The molecule has 2 rings (SSSR count). The molecule has 0 atom stereocenters. The first-order chi connectivity index (χ1) is 7.39. The summed E-state index contributed by atoms with van der Waals surface area (Å²) in [6.45, 7) is 3.67. The predicted molar refractivity (Wildman–Crippen MR) is 61.9 cm³/mol. The number of hydrogen-bond acceptors (Lipinski definition) is 2. The highest BCUT2D eigenvalue weighted by Crippen LogP contribution is 2.28. The van der Waals surface area contributed by atoms with Gasteiger partial charge in [-0.3, -0.25) is 4.98 Å². The Morgan fingerprint density at radius 1 is 1.56 bits per heavy atom. The summed E-state index contributed by atoms with van der Waals surface area (Å²) >= 11 is 6.14. The van der Waals surface area contributed by atoms with Crippen molar-refractivity contribution in [3.05, 3.63) is 29.7 Å². The molecule has 0 unspecified atom stereocenters. The monoisotopic (exact) mass is 238 g/mol. The van der Waals surface area contributed by atoms with Crippen molar-refractivity contribution in [1.82, 2.24) is 9.97 Å². The molecule has 0 aliphatic rings. The molecular weight excluding hydrogens is 228 g/mol. The molecule has 2 aromatic heterocycles. The fourth-order valence-electron chi connectivity index (χ4n) is 1.52. The van der Waals surface area contributed by atoms with Crippen LogP contribution < -0.4 is 0 Å². The number of hydrogen-bond donors (Lipinski definition) is 2. The third kappa shape index (κ3) is 1.76. The number of carbonyl (C=O) groups is 1. The van der Waals surface area contributed by atoms with Gasteiger partial charge in [-0.25, -0.2) is 4.79 Å². The van der Waals surface area contributed by atoms with Crippen molar-refractivity contribution < 1.29 is 9.90 Å². The summed E-state index contributed by atoms with van der Waals surface area (Å²) in [6.07, 6.45) is 2.99. The van der Waals surface area contributed by atoms with Gasteiger partial charge >= 0.3 is 5.97 Å². The summed E-state index contributed by atoms with van der Waals surface area (Å²) in [5, 5.41) is 9.52. The number of carboxylic acid groups (broad SMARTS) is 1. The van der Waals surface area contributed by atoms with Gasteiger partial charge in [-0.2, -0.15) is 0 Å². The number of aromatic amines is 1. The molecule has 2 heterocycles. The van der Waals surface area contributed by atoms with Crippen molar-refractivity contribution in [2.45, 2.75) is 18.7 Å². The number of fused-ring (bicyclic) bond motifs is 1. The quantitative estimate of drug-likeness (QED) is 0.791. The van der Waals surface area contributed by atoms with Gasteiger partial charge < -0.3 is 10.1 Å². The van der Waals surface area contributed by atoms with Gasteiger partial charge in [0.25, 0.3) is 0 Å². The second kappa shape index (κ2) is 3.49. The van der Waals surface area contributed by atoms with Crippen LogP contribution in [0.3, 0.4) is 0 Å². The molecule has 0 amide bonds. The van der Waals surface area contributed by atoms with E-state index < -0.39 is 10.8 Å². The predicted octanol–water partition coefficient (Wildman–Crippen LogP) is 2.73. The van der Waals surface area contributed by atoms with Crippen LogP contribution in [0, 0.1) is 0 Å². The Balaban J connectivity index is 2.62. The Morgan fingerprint density at radius 3 is 2.81 bits per heavy atom. The Hall–Kier alpha value is -1.55. The van der Waals surface area contributed by atoms with E-state index in [0.29, 0.717) is 11.1 Å². The van der Waals surface area contributed by atoms with Crippen LogP contribution in [0.2, 0.25) is 0 Å². The number of halogens is 1. The Labute approximate surface area is 97.3 Å². The van der Waals surface area contributed by atoms with Crippen molar-refractivity contribution in [2.75, 3.05) is 0 Å². The molecule has 0 spiro atoms. The van der Waals surface area contributed by atoms with Crippen LogP contribution in [0.1, 0.15) is 29.9 Å². The van der Waals surface area contributed by atoms with E-state index in [1.54, 1.807) is 6.07 Å². The molecular formula is C11H11ClN2O2. The zero-order valence-corrected chi connectivity index (χ0v) is 9.67. The third-order valence-electron chi connectivity index (χ3n) is 2.41. The van der Waals surface area contributed by atoms with Gasteiger partial charge in [0.2, 0.25) is 0 Å². The van der Waals surface area contributed by atoms with Crippen molar-refractivity contribution >= 4 is 28.5 Å². The van der Waals surface area contributed by atoms with Gasteiger partial charge in [0.05, 0.1) is 16.1 Å². The summed E-state index contributed by atoms with van der Waals surface area (Å²) in [5.41, 5.74) is 1.66. The summed E-state index contributed by atoms with van der Waals surface area (Å²) in [4.78, 5) is 17.4. The van der Waals surface area contributed by atoms with E-state index in [1.165, 1.54) is 12.4 Å². The number of alkyl halides is 1. The number of nitrogens with zero attached hydrogens (tertiary/aromatic N) is 1. The molecule has 84 valence electrons. The van der Waals surface area contributed by atoms with E-state index in [-0.39, 0.29) is 5.56 Å². The zero-order valence-electron chi connectivity index (χ0n) is 8.91. The number of nitrogens with one attached hydrogen (secondary N) is 1. The minimum absolute atomic E-state index is 0.224. The third-order valence-corrected chi connectivity index (χ3v) is 2.60. The molecule has 0 aliphatic carbocycles. The number of H-pyrrole nitrogens is 1. The largest absolute Gasteiger partial charge is 0.478 e. The van der Waals surface area contributed by atoms with Crippen molar-refractivity contribution in [3.63, 3.8) is 0 Å². The van der Waals surface area contributed by atoms with Crippen LogP contribution >= 0.6 is 11.6 Å². The second-order valence-electron chi connectivity index (χ2n) is 4.10. The number of carboxylic acids is 1. The van der Waals surface area contributed by atoms with E-state index >= 15 is 0 Å². The van der Waals surface area contributed by atoms with Crippen LogP contribution in [0.4, 0.5) is 0 Å². The van der Waals surface area contributed by atoms with Crippen LogP contribution in [-0.2, 0) is 4.87 Å².